The fourth-order valence-electron chi connectivity index (χ4n) is 11.8. The molecular formula is C63H35F6N5. The Labute approximate surface area is 416 Å². The van der Waals surface area contributed by atoms with E-state index in [-0.39, 0.29) is 22.5 Å². The second kappa shape index (κ2) is 15.7. The first-order valence-electron chi connectivity index (χ1n) is 23.9. The van der Waals surface area contributed by atoms with Gasteiger partial charge in [-0.15, -0.1) is 0 Å². The van der Waals surface area contributed by atoms with Gasteiger partial charge in [0.1, 0.15) is 0 Å². The van der Waals surface area contributed by atoms with Crippen LogP contribution in [0.3, 0.4) is 0 Å². The molecule has 0 fully saturated rings. The Hall–Kier alpha value is -9.53. The van der Waals surface area contributed by atoms with E-state index in [2.05, 4.69) is 15.2 Å². The van der Waals surface area contributed by atoms with Crippen molar-refractivity contribution in [3.8, 4) is 39.9 Å². The van der Waals surface area contributed by atoms with Gasteiger partial charge >= 0.3 is 12.4 Å². The zero-order chi connectivity index (χ0) is 50.2. The van der Waals surface area contributed by atoms with Gasteiger partial charge in [0.15, 0.2) is 0 Å². The molecule has 0 saturated heterocycles. The van der Waals surface area contributed by atoms with Crippen molar-refractivity contribution in [1.82, 2.24) is 18.3 Å². The van der Waals surface area contributed by atoms with Crippen LogP contribution in [0.1, 0.15) is 16.7 Å². The third kappa shape index (κ3) is 6.12. The van der Waals surface area contributed by atoms with Crippen LogP contribution in [0.2, 0.25) is 0 Å². The molecule has 354 valence electrons. The number of nitrogens with zero attached hydrogens (tertiary/aromatic N) is 5. The zero-order valence-corrected chi connectivity index (χ0v) is 38.7. The minimum absolute atomic E-state index is 0.0199. The molecule has 0 aliphatic rings. The first kappa shape index (κ1) is 43.3. The predicted octanol–water partition coefficient (Wildman–Crippen LogP) is 17.7. The van der Waals surface area contributed by atoms with Crippen LogP contribution >= 0.6 is 0 Å². The van der Waals surface area contributed by atoms with Crippen LogP contribution in [0.25, 0.3) is 121 Å². The quantitative estimate of drug-likeness (QED) is 0.159. The SMILES string of the molecule is N#Cc1cc(-n2c3ccccc3c3ccc4c(c5ccccc5n4-c4ccccc4)c32)c(-c2c(C(F)(F)F)cccc2C(F)(F)F)c(-n2c3ccccc3c3ccc4c(c5ccccc5n4-c4ccccc4)c32)c1. The first-order chi connectivity index (χ1) is 36.0. The molecule has 0 saturated carbocycles. The standard InChI is InChI=1S/C63H35F6N5/c64-62(65,66)46-24-15-25-47(63(67,68)69)58(46)59-54(73-48-26-11-7-20-40(48)42-30-32-52-56(60(42)73)44-22-9-13-28-50(44)71(52)38-16-3-1-4-17-38)34-37(36-70)35-55(59)74-49-27-12-8-21-41(49)43-31-33-53-57(61(43)74)45-23-10-14-29-51(45)72(53)39-18-5-2-6-19-39/h1-35H. The monoisotopic (exact) mass is 975 g/mol. The largest absolute Gasteiger partial charge is 0.417 e. The summed E-state index contributed by atoms with van der Waals surface area (Å²) < 4.78 is 104. The Morgan fingerprint density at radius 3 is 1.08 bits per heavy atom. The van der Waals surface area contributed by atoms with Crippen molar-refractivity contribution in [1.29, 1.82) is 5.26 Å². The summed E-state index contributed by atoms with van der Waals surface area (Å²) in [5, 5.41) is 17.1. The molecular weight excluding hydrogens is 941 g/mol. The first-order valence-corrected chi connectivity index (χ1v) is 23.9. The van der Waals surface area contributed by atoms with Crippen LogP contribution in [0.15, 0.2) is 212 Å². The summed E-state index contributed by atoms with van der Waals surface area (Å²) >= 11 is 0. The molecule has 14 aromatic rings. The number of rotatable bonds is 5. The van der Waals surface area contributed by atoms with Gasteiger partial charge in [-0.05, 0) is 84.9 Å². The molecule has 0 N–H and O–H groups in total. The Morgan fingerprint density at radius 2 is 0.689 bits per heavy atom. The van der Waals surface area contributed by atoms with Gasteiger partial charge in [0.2, 0.25) is 0 Å². The van der Waals surface area contributed by atoms with Crippen LogP contribution in [0.5, 0.6) is 0 Å². The average Bonchev–Trinajstić information content (AvgIpc) is 4.17. The lowest BCUT2D eigenvalue weighted by Gasteiger charge is -2.26. The van der Waals surface area contributed by atoms with Gasteiger partial charge in [0, 0.05) is 65.6 Å². The van der Waals surface area contributed by atoms with Crippen LogP contribution in [0, 0.1) is 11.3 Å². The van der Waals surface area contributed by atoms with Gasteiger partial charge in [0.05, 0.1) is 78.3 Å². The number of nitriles is 1. The van der Waals surface area contributed by atoms with E-state index < -0.39 is 29.0 Å². The third-order valence-corrected chi connectivity index (χ3v) is 14.6. The highest BCUT2D eigenvalue weighted by Crippen LogP contribution is 2.52. The molecule has 0 amide bonds. The molecule has 0 unspecified atom stereocenters. The van der Waals surface area contributed by atoms with Crippen LogP contribution in [-0.4, -0.2) is 18.3 Å². The summed E-state index contributed by atoms with van der Waals surface area (Å²) in [6.45, 7) is 0. The molecule has 10 aromatic carbocycles. The molecule has 4 aromatic heterocycles. The van der Waals surface area contributed by atoms with Gasteiger partial charge in [-0.3, -0.25) is 0 Å². The second-order valence-electron chi connectivity index (χ2n) is 18.5. The summed E-state index contributed by atoms with van der Waals surface area (Å²) in [7, 11) is 0. The van der Waals surface area contributed by atoms with Gasteiger partial charge in [-0.2, -0.15) is 31.6 Å². The Balaban J connectivity index is 1.25. The van der Waals surface area contributed by atoms with Crippen LogP contribution in [0.4, 0.5) is 26.3 Å². The van der Waals surface area contributed by atoms with Gasteiger partial charge < -0.3 is 18.3 Å². The van der Waals surface area contributed by atoms with Crippen molar-refractivity contribution in [3.63, 3.8) is 0 Å². The summed E-state index contributed by atoms with van der Waals surface area (Å²) in [5.41, 5.74) is 2.62. The zero-order valence-electron chi connectivity index (χ0n) is 38.7. The van der Waals surface area contributed by atoms with Crippen molar-refractivity contribution in [2.24, 2.45) is 0 Å². The Bertz CT molecular complexity index is 4410. The summed E-state index contributed by atoms with van der Waals surface area (Å²) in [6, 6.07) is 65.3. The van der Waals surface area contributed by atoms with Crippen molar-refractivity contribution < 1.29 is 26.3 Å². The fraction of sp³-hybridized carbons (Fsp3) is 0.0317. The van der Waals surface area contributed by atoms with E-state index in [1.807, 2.05) is 170 Å². The van der Waals surface area contributed by atoms with Crippen molar-refractivity contribution in [2.45, 2.75) is 12.4 Å². The minimum atomic E-state index is -5.27. The van der Waals surface area contributed by atoms with E-state index in [9.17, 15) is 5.26 Å². The third-order valence-electron chi connectivity index (χ3n) is 14.6. The van der Waals surface area contributed by atoms with Crippen LogP contribution in [-0.2, 0) is 12.4 Å². The number of benzene rings is 10. The van der Waals surface area contributed by atoms with Crippen molar-refractivity contribution in [2.75, 3.05) is 0 Å². The predicted molar refractivity (Wildman–Crippen MR) is 284 cm³/mol. The highest BCUT2D eigenvalue weighted by Gasteiger charge is 2.43. The summed E-state index contributed by atoms with van der Waals surface area (Å²) in [4.78, 5) is 0. The molecule has 11 heteroatoms. The molecule has 5 nitrogen and oxygen atoms in total. The molecule has 74 heavy (non-hydrogen) atoms. The maximum Gasteiger partial charge on any atom is 0.417 e. The molecule has 0 aliphatic heterocycles. The number of hydrogen-bond acceptors (Lipinski definition) is 1. The van der Waals surface area contributed by atoms with E-state index in [0.29, 0.717) is 55.7 Å². The van der Waals surface area contributed by atoms with E-state index in [1.54, 1.807) is 21.3 Å². The number of fused-ring (bicyclic) bond motifs is 14. The number of para-hydroxylation sites is 6. The van der Waals surface area contributed by atoms with Gasteiger partial charge in [-0.1, -0.05) is 127 Å². The van der Waals surface area contributed by atoms with E-state index in [1.165, 1.54) is 12.1 Å². The van der Waals surface area contributed by atoms with E-state index >= 15 is 26.3 Å². The maximum absolute atomic E-state index is 16.1. The van der Waals surface area contributed by atoms with Gasteiger partial charge in [-0.25, -0.2) is 0 Å². The highest BCUT2D eigenvalue weighted by molar-refractivity contribution is 6.28. The average molecular weight is 976 g/mol. The van der Waals surface area contributed by atoms with E-state index in [0.717, 1.165) is 61.1 Å². The smallest absolute Gasteiger partial charge is 0.309 e. The minimum Gasteiger partial charge on any atom is -0.309 e. The van der Waals surface area contributed by atoms with Gasteiger partial charge in [0.25, 0.3) is 0 Å². The fourth-order valence-corrected chi connectivity index (χ4v) is 11.8. The lowest BCUT2D eigenvalue weighted by atomic mass is 9.89. The highest BCUT2D eigenvalue weighted by atomic mass is 19.4. The van der Waals surface area contributed by atoms with Crippen molar-refractivity contribution >= 4 is 87.2 Å². The second-order valence-corrected chi connectivity index (χ2v) is 18.5. The number of hydrogen-bond donors (Lipinski definition) is 0. The topological polar surface area (TPSA) is 43.5 Å². The molecule has 0 atom stereocenters. The Morgan fingerprint density at radius 1 is 0.324 bits per heavy atom. The summed E-state index contributed by atoms with van der Waals surface area (Å²) in [6.07, 6.45) is -10.5. The molecule has 14 rings (SSSR count). The number of alkyl halides is 6. The Kier molecular flexibility index (Phi) is 9.20. The number of aromatic nitrogens is 4. The normalized spacial score (nSPS) is 12.4. The molecule has 0 spiro atoms. The van der Waals surface area contributed by atoms with Crippen LogP contribution < -0.4 is 0 Å². The number of halogens is 6. The molecule has 0 bridgehead atoms. The maximum atomic E-state index is 16.1. The lowest BCUT2D eigenvalue weighted by Crippen LogP contribution is -2.16. The van der Waals surface area contributed by atoms with Crippen molar-refractivity contribution in [3.05, 3.63) is 229 Å². The molecule has 4 heterocycles. The van der Waals surface area contributed by atoms with E-state index in [4.69, 9.17) is 0 Å². The lowest BCUT2D eigenvalue weighted by molar-refractivity contribution is -0.142. The molecule has 0 aliphatic carbocycles. The molecule has 0 radical (unpaired) electrons. The summed E-state index contributed by atoms with van der Waals surface area (Å²) in [5.74, 6) is 0.